The van der Waals surface area contributed by atoms with Gasteiger partial charge in [0.15, 0.2) is 0 Å². The van der Waals surface area contributed by atoms with Gasteiger partial charge in [-0.25, -0.2) is 4.98 Å². The Bertz CT molecular complexity index is 1790. The monoisotopic (exact) mass is 673 g/mol. The number of nitrogens with one attached hydrogen (secondary N) is 2. The number of likely N-dealkylation sites (tertiary alicyclic amines) is 1. The van der Waals surface area contributed by atoms with Crippen molar-refractivity contribution in [2.75, 3.05) is 30.3 Å². The number of aromatic nitrogens is 2. The molecule has 9 nitrogen and oxygen atoms in total. The molecule has 0 spiro atoms. The van der Waals surface area contributed by atoms with E-state index >= 15 is 0 Å². The number of phenolic OH excluding ortho intramolecular Hbond substituents is 1. The number of phenols is 1. The number of nitrogens with zero attached hydrogens (tertiary/aromatic N) is 3. The number of pyridine rings is 2. The van der Waals surface area contributed by atoms with Crippen LogP contribution in [0.4, 0.5) is 24.7 Å². The minimum Gasteiger partial charge on any atom is -0.506 e. The Morgan fingerprint density at radius 1 is 0.935 bits per heavy atom. The van der Waals surface area contributed by atoms with E-state index in [0.29, 0.717) is 42.3 Å². The highest BCUT2D eigenvalue weighted by Gasteiger charge is 2.40. The van der Waals surface area contributed by atoms with E-state index in [1.165, 1.54) is 47.2 Å². The topological polar surface area (TPSA) is 117 Å². The van der Waals surface area contributed by atoms with Gasteiger partial charge in [-0.2, -0.15) is 13.2 Å². The Hall–Kier alpha value is -4.39. The first-order valence-corrected chi connectivity index (χ1v) is 15.0. The van der Waals surface area contributed by atoms with Gasteiger partial charge >= 0.3 is 6.18 Å². The number of benzene rings is 2. The highest BCUT2D eigenvalue weighted by molar-refractivity contribution is 6.32. The summed E-state index contributed by atoms with van der Waals surface area (Å²) in [4.78, 5) is 45.3. The van der Waals surface area contributed by atoms with E-state index in [9.17, 15) is 32.7 Å². The SMILES string of the molecule is O=C(Nc1c(O)cc(Cl)cc1C(=O)Nc1ccc(Cl)cn1)c1ccc(-c2cccn(CCN3CCC(C(F)(F)F)CC3)c2=O)cc1. The fourth-order valence-corrected chi connectivity index (χ4v) is 5.51. The van der Waals surface area contributed by atoms with E-state index in [1.54, 1.807) is 30.5 Å². The van der Waals surface area contributed by atoms with Gasteiger partial charge in [-0.05, 0) is 74.0 Å². The van der Waals surface area contributed by atoms with Crippen molar-refractivity contribution in [3.05, 3.63) is 105 Å². The molecule has 3 heterocycles. The molecule has 240 valence electrons. The molecule has 0 bridgehead atoms. The second kappa shape index (κ2) is 13.9. The molecule has 3 N–H and O–H groups in total. The maximum absolute atomic E-state index is 13.2. The van der Waals surface area contributed by atoms with Crippen LogP contribution in [0, 0.1) is 5.92 Å². The fourth-order valence-electron chi connectivity index (χ4n) is 5.19. The molecule has 4 aromatic rings. The van der Waals surface area contributed by atoms with Gasteiger partial charge in [0.05, 0.1) is 22.2 Å². The zero-order valence-electron chi connectivity index (χ0n) is 24.2. The molecule has 46 heavy (non-hydrogen) atoms. The lowest BCUT2D eigenvalue weighted by Crippen LogP contribution is -2.41. The number of hydrogen-bond acceptors (Lipinski definition) is 6. The van der Waals surface area contributed by atoms with Gasteiger partial charge in [-0.15, -0.1) is 0 Å². The van der Waals surface area contributed by atoms with Crippen LogP contribution in [0.2, 0.25) is 10.0 Å². The van der Waals surface area contributed by atoms with Crippen molar-refractivity contribution in [3.8, 4) is 16.9 Å². The van der Waals surface area contributed by atoms with Crippen LogP contribution in [0.3, 0.4) is 0 Å². The van der Waals surface area contributed by atoms with Gasteiger partial charge in [0.1, 0.15) is 11.6 Å². The van der Waals surface area contributed by atoms with Crippen LogP contribution >= 0.6 is 23.2 Å². The van der Waals surface area contributed by atoms with Crippen LogP contribution in [-0.2, 0) is 6.54 Å². The summed E-state index contributed by atoms with van der Waals surface area (Å²) in [6.45, 7) is 1.41. The lowest BCUT2D eigenvalue weighted by molar-refractivity contribution is -0.185. The second-order valence-electron chi connectivity index (χ2n) is 10.8. The van der Waals surface area contributed by atoms with Gasteiger partial charge in [-0.3, -0.25) is 14.4 Å². The quantitative estimate of drug-likeness (QED) is 0.179. The fraction of sp³-hybridized carbons (Fsp3) is 0.250. The smallest absolute Gasteiger partial charge is 0.391 e. The second-order valence-corrected chi connectivity index (χ2v) is 11.6. The number of amides is 2. The molecule has 2 amide bonds. The van der Waals surface area contributed by atoms with Crippen molar-refractivity contribution in [1.29, 1.82) is 0 Å². The third-order valence-corrected chi connectivity index (χ3v) is 8.16. The standard InChI is InChI=1S/C32H28Cl2F3N5O4/c33-22-7-8-27(38-18-22)39-30(45)25-16-23(34)17-26(43)28(25)40-29(44)20-5-3-19(4-6-20)24-2-1-11-42(31(24)46)15-14-41-12-9-21(10-13-41)32(35,36)37/h1-8,11,16-18,21,43H,9-10,12-15H2,(H,40,44)(H,38,39,45). The van der Waals surface area contributed by atoms with Crippen molar-refractivity contribution >= 4 is 46.5 Å². The Morgan fingerprint density at radius 2 is 1.65 bits per heavy atom. The maximum atomic E-state index is 13.2. The lowest BCUT2D eigenvalue weighted by atomic mass is 9.96. The van der Waals surface area contributed by atoms with Crippen molar-refractivity contribution in [1.82, 2.24) is 14.5 Å². The molecule has 1 aliphatic rings. The van der Waals surface area contributed by atoms with Crippen molar-refractivity contribution in [2.45, 2.75) is 25.6 Å². The maximum Gasteiger partial charge on any atom is 0.391 e. The molecule has 1 fully saturated rings. The van der Waals surface area contributed by atoms with Gasteiger partial charge in [0, 0.05) is 47.7 Å². The molecular weight excluding hydrogens is 646 g/mol. The number of hydrogen-bond donors (Lipinski definition) is 3. The molecule has 1 aliphatic heterocycles. The number of alkyl halides is 3. The number of aromatic hydroxyl groups is 1. The Kier molecular flexibility index (Phi) is 10.00. The van der Waals surface area contributed by atoms with Gasteiger partial charge < -0.3 is 25.2 Å². The summed E-state index contributed by atoms with van der Waals surface area (Å²) in [7, 11) is 0. The predicted molar refractivity (Wildman–Crippen MR) is 170 cm³/mol. The number of rotatable bonds is 8. The molecule has 0 atom stereocenters. The number of carbonyl (C=O) groups is 2. The first-order chi connectivity index (χ1) is 21.9. The highest BCUT2D eigenvalue weighted by atomic mass is 35.5. The summed E-state index contributed by atoms with van der Waals surface area (Å²) >= 11 is 11.9. The van der Waals surface area contributed by atoms with Crippen molar-refractivity contribution in [2.24, 2.45) is 5.92 Å². The minimum absolute atomic E-state index is 0.0470. The van der Waals surface area contributed by atoms with E-state index in [4.69, 9.17) is 23.2 Å². The number of piperidine rings is 1. The minimum atomic E-state index is -4.18. The molecule has 0 radical (unpaired) electrons. The molecule has 2 aromatic heterocycles. The number of halogens is 5. The lowest BCUT2D eigenvalue weighted by Gasteiger charge is -2.32. The molecule has 14 heteroatoms. The van der Waals surface area contributed by atoms with Gasteiger partial charge in [0.2, 0.25) is 0 Å². The third-order valence-electron chi connectivity index (χ3n) is 7.72. The molecule has 5 rings (SSSR count). The summed E-state index contributed by atoms with van der Waals surface area (Å²) in [6.07, 6.45) is -1.11. The van der Waals surface area contributed by atoms with Crippen LogP contribution in [0.25, 0.3) is 11.1 Å². The van der Waals surface area contributed by atoms with Gasteiger partial charge in [0.25, 0.3) is 17.4 Å². The van der Waals surface area contributed by atoms with E-state index in [2.05, 4.69) is 15.6 Å². The summed E-state index contributed by atoms with van der Waals surface area (Å²) < 4.78 is 40.4. The van der Waals surface area contributed by atoms with Crippen LogP contribution in [0.15, 0.2) is 77.9 Å². The number of anilines is 2. The van der Waals surface area contributed by atoms with E-state index in [1.807, 2.05) is 4.90 Å². The Morgan fingerprint density at radius 3 is 2.30 bits per heavy atom. The highest BCUT2D eigenvalue weighted by Crippen LogP contribution is 2.34. The molecule has 0 unspecified atom stereocenters. The summed E-state index contributed by atoms with van der Waals surface area (Å²) in [5.74, 6) is -2.85. The summed E-state index contributed by atoms with van der Waals surface area (Å²) in [6, 6.07) is 15.0. The molecule has 1 saturated heterocycles. The van der Waals surface area contributed by atoms with Crippen molar-refractivity contribution < 1.29 is 27.9 Å². The Balaban J connectivity index is 1.26. The van der Waals surface area contributed by atoms with Crippen molar-refractivity contribution in [3.63, 3.8) is 0 Å². The summed E-state index contributed by atoms with van der Waals surface area (Å²) in [5.41, 5.74) is 0.561. The van der Waals surface area contributed by atoms with Crippen LogP contribution in [0.1, 0.15) is 33.6 Å². The largest absolute Gasteiger partial charge is 0.506 e. The zero-order chi connectivity index (χ0) is 33.0. The van der Waals surface area contributed by atoms with Crippen LogP contribution < -0.4 is 16.2 Å². The molecular formula is C32H28Cl2F3N5O4. The first-order valence-electron chi connectivity index (χ1n) is 14.2. The predicted octanol–water partition coefficient (Wildman–Crippen LogP) is 6.70. The average molecular weight is 675 g/mol. The van der Waals surface area contributed by atoms with E-state index < -0.39 is 29.7 Å². The average Bonchev–Trinajstić information content (AvgIpc) is 3.02. The molecule has 0 aliphatic carbocycles. The Labute approximate surface area is 271 Å². The molecule has 2 aromatic carbocycles. The normalized spacial score (nSPS) is 14.2. The first kappa shape index (κ1) is 33.0. The van der Waals surface area contributed by atoms with Gasteiger partial charge in [-0.1, -0.05) is 35.3 Å². The summed E-state index contributed by atoms with van der Waals surface area (Å²) in [5, 5.41) is 16.1. The number of carbonyl (C=O) groups excluding carboxylic acids is 2. The third kappa shape index (κ3) is 7.87. The van der Waals surface area contributed by atoms with Crippen LogP contribution in [0.5, 0.6) is 5.75 Å². The molecule has 0 saturated carbocycles. The van der Waals surface area contributed by atoms with Crippen LogP contribution in [-0.4, -0.2) is 57.2 Å². The van der Waals surface area contributed by atoms with E-state index in [-0.39, 0.29) is 46.1 Å². The zero-order valence-corrected chi connectivity index (χ0v) is 25.7. The van der Waals surface area contributed by atoms with E-state index in [0.717, 1.165) is 0 Å².